The highest BCUT2D eigenvalue weighted by molar-refractivity contribution is 7.18. The Morgan fingerprint density at radius 2 is 1.82 bits per heavy atom. The van der Waals surface area contributed by atoms with Gasteiger partial charge in [0.1, 0.15) is 16.2 Å². The first-order chi connectivity index (χ1) is 10.4. The maximum atomic E-state index is 12.7. The lowest BCUT2D eigenvalue weighted by Gasteiger charge is -2.28. The molecule has 1 N–H and O–H groups in total. The van der Waals surface area contributed by atoms with Gasteiger partial charge in [-0.2, -0.15) is 13.2 Å². The van der Waals surface area contributed by atoms with E-state index in [1.807, 2.05) is 0 Å². The van der Waals surface area contributed by atoms with Gasteiger partial charge in [-0.25, -0.2) is 15.0 Å². The summed E-state index contributed by atoms with van der Waals surface area (Å²) in [4.78, 5) is 13.7. The van der Waals surface area contributed by atoms with Crippen LogP contribution in [0, 0.1) is 12.8 Å². The molecule has 8 heteroatoms. The molecule has 0 spiro atoms. The van der Waals surface area contributed by atoms with Crippen molar-refractivity contribution in [3.63, 3.8) is 0 Å². The van der Waals surface area contributed by atoms with E-state index >= 15 is 0 Å². The van der Waals surface area contributed by atoms with E-state index in [9.17, 15) is 18.3 Å². The number of halogens is 3. The summed E-state index contributed by atoms with van der Waals surface area (Å²) in [5, 5.41) is 10.2. The van der Waals surface area contributed by atoms with Crippen LogP contribution in [0.15, 0.2) is 0 Å². The number of aromatic nitrogens is 3. The van der Waals surface area contributed by atoms with E-state index in [1.165, 1.54) is 11.3 Å². The summed E-state index contributed by atoms with van der Waals surface area (Å²) in [5.74, 6) is -0.578. The lowest BCUT2D eigenvalue weighted by Crippen LogP contribution is -2.27. The summed E-state index contributed by atoms with van der Waals surface area (Å²) in [5.41, 5.74) is 1.06. The Labute approximate surface area is 129 Å². The standard InChI is InChI=1S/C14H16F3N3OS/c1-7-18-10(6-21)11-13(19-7)22-12(20-11)8-2-4-9(5-3-8)14(15,16)17/h8-9,21H,2-6H2,1H3/t8-,9-. The van der Waals surface area contributed by atoms with Gasteiger partial charge < -0.3 is 5.11 Å². The molecule has 0 radical (unpaired) electrons. The summed E-state index contributed by atoms with van der Waals surface area (Å²) in [6, 6.07) is 0. The molecule has 0 saturated heterocycles. The molecule has 120 valence electrons. The number of hydrogen-bond acceptors (Lipinski definition) is 5. The first kappa shape index (κ1) is 15.6. The van der Waals surface area contributed by atoms with Crippen molar-refractivity contribution in [1.82, 2.24) is 15.0 Å². The molecule has 1 saturated carbocycles. The molecule has 2 aromatic heterocycles. The van der Waals surface area contributed by atoms with Crippen molar-refractivity contribution >= 4 is 21.7 Å². The van der Waals surface area contributed by atoms with Gasteiger partial charge >= 0.3 is 6.18 Å². The lowest BCUT2D eigenvalue weighted by molar-refractivity contribution is -0.182. The van der Waals surface area contributed by atoms with E-state index in [4.69, 9.17) is 0 Å². The Morgan fingerprint density at radius 1 is 1.14 bits per heavy atom. The van der Waals surface area contributed by atoms with Crippen molar-refractivity contribution in [2.45, 2.75) is 51.3 Å². The maximum Gasteiger partial charge on any atom is 0.391 e. The molecule has 0 atom stereocenters. The molecule has 2 heterocycles. The molecule has 22 heavy (non-hydrogen) atoms. The zero-order valence-corrected chi connectivity index (χ0v) is 12.8. The molecule has 0 aromatic carbocycles. The van der Waals surface area contributed by atoms with Crippen LogP contribution in [-0.2, 0) is 6.61 Å². The molecule has 0 bridgehead atoms. The average Bonchev–Trinajstić information content (AvgIpc) is 2.89. The van der Waals surface area contributed by atoms with Crippen LogP contribution >= 0.6 is 11.3 Å². The van der Waals surface area contributed by atoms with Crippen molar-refractivity contribution in [3.05, 3.63) is 16.5 Å². The van der Waals surface area contributed by atoms with Gasteiger partial charge in [0.25, 0.3) is 0 Å². The zero-order valence-electron chi connectivity index (χ0n) is 12.0. The van der Waals surface area contributed by atoms with E-state index in [0.717, 1.165) is 5.01 Å². The molecule has 3 rings (SSSR count). The quantitative estimate of drug-likeness (QED) is 0.911. The SMILES string of the molecule is Cc1nc(CO)c2nc([C@H]3CC[C@H](C(F)(F)F)CC3)sc2n1. The van der Waals surface area contributed by atoms with Gasteiger partial charge in [0.05, 0.1) is 23.2 Å². The van der Waals surface area contributed by atoms with Gasteiger partial charge in [0.2, 0.25) is 0 Å². The number of hydrogen-bond donors (Lipinski definition) is 1. The van der Waals surface area contributed by atoms with Crippen LogP contribution in [0.4, 0.5) is 13.2 Å². The fourth-order valence-corrected chi connectivity index (χ4v) is 4.14. The van der Waals surface area contributed by atoms with Crippen LogP contribution in [0.1, 0.15) is 48.1 Å². The summed E-state index contributed by atoms with van der Waals surface area (Å²) < 4.78 is 38.2. The van der Waals surface area contributed by atoms with E-state index in [-0.39, 0.29) is 25.4 Å². The molecule has 2 aromatic rings. The van der Waals surface area contributed by atoms with Gasteiger partial charge in [-0.3, -0.25) is 0 Å². The van der Waals surface area contributed by atoms with E-state index in [2.05, 4.69) is 15.0 Å². The Balaban J connectivity index is 1.83. The number of thiazole rings is 1. The smallest absolute Gasteiger partial charge is 0.390 e. The van der Waals surface area contributed by atoms with Crippen LogP contribution in [0.25, 0.3) is 10.3 Å². The van der Waals surface area contributed by atoms with Crippen LogP contribution in [0.2, 0.25) is 0 Å². The summed E-state index contributed by atoms with van der Waals surface area (Å²) in [7, 11) is 0. The second kappa shape index (κ2) is 5.73. The fourth-order valence-electron chi connectivity index (χ4n) is 2.96. The number of rotatable bonds is 2. The van der Waals surface area contributed by atoms with Crippen LogP contribution in [-0.4, -0.2) is 26.2 Å². The number of aliphatic hydroxyl groups excluding tert-OH is 1. The summed E-state index contributed by atoms with van der Waals surface area (Å²) in [6.45, 7) is 1.52. The van der Waals surface area contributed by atoms with Crippen molar-refractivity contribution in [2.75, 3.05) is 0 Å². The highest BCUT2D eigenvalue weighted by Gasteiger charge is 2.42. The average molecular weight is 331 g/mol. The number of alkyl halides is 3. The molecule has 1 aliphatic rings. The molecule has 0 unspecified atom stereocenters. The molecule has 0 aliphatic heterocycles. The molecule has 0 amide bonds. The van der Waals surface area contributed by atoms with Crippen LogP contribution < -0.4 is 0 Å². The van der Waals surface area contributed by atoms with Crippen LogP contribution in [0.5, 0.6) is 0 Å². The first-order valence-electron chi connectivity index (χ1n) is 7.20. The molecule has 1 aliphatic carbocycles. The topological polar surface area (TPSA) is 58.9 Å². The molecule has 1 fully saturated rings. The minimum atomic E-state index is -4.09. The second-order valence-corrected chi connectivity index (χ2v) is 6.68. The Kier molecular flexibility index (Phi) is 4.07. The molecule has 4 nitrogen and oxygen atoms in total. The number of aliphatic hydroxyl groups is 1. The van der Waals surface area contributed by atoms with Crippen molar-refractivity contribution in [2.24, 2.45) is 5.92 Å². The predicted molar refractivity (Wildman–Crippen MR) is 76.6 cm³/mol. The normalized spacial score (nSPS) is 23.1. The van der Waals surface area contributed by atoms with Crippen molar-refractivity contribution < 1.29 is 18.3 Å². The summed E-state index contributed by atoms with van der Waals surface area (Å²) in [6.07, 6.45) is -2.80. The Hall–Kier alpha value is -1.28. The minimum Gasteiger partial charge on any atom is -0.390 e. The van der Waals surface area contributed by atoms with Crippen LogP contribution in [0.3, 0.4) is 0 Å². The number of nitrogens with zero attached hydrogens (tertiary/aromatic N) is 3. The van der Waals surface area contributed by atoms with Crippen molar-refractivity contribution in [3.8, 4) is 0 Å². The lowest BCUT2D eigenvalue weighted by atomic mass is 9.82. The predicted octanol–water partition coefficient (Wildman–Crippen LogP) is 3.72. The Morgan fingerprint density at radius 3 is 2.41 bits per heavy atom. The van der Waals surface area contributed by atoms with Gasteiger partial charge in [0, 0.05) is 5.92 Å². The third-order valence-electron chi connectivity index (χ3n) is 4.15. The van der Waals surface area contributed by atoms with Gasteiger partial charge in [-0.1, -0.05) is 11.3 Å². The monoisotopic (exact) mass is 331 g/mol. The van der Waals surface area contributed by atoms with Gasteiger partial charge in [-0.05, 0) is 32.6 Å². The number of aryl methyl sites for hydroxylation is 1. The Bertz CT molecular complexity index is 678. The van der Waals surface area contributed by atoms with E-state index in [1.54, 1.807) is 6.92 Å². The third kappa shape index (κ3) is 2.94. The van der Waals surface area contributed by atoms with Gasteiger partial charge in [-0.15, -0.1) is 0 Å². The van der Waals surface area contributed by atoms with E-state index in [0.29, 0.717) is 34.7 Å². The number of fused-ring (bicyclic) bond motifs is 1. The third-order valence-corrected chi connectivity index (χ3v) is 5.26. The maximum absolute atomic E-state index is 12.7. The van der Waals surface area contributed by atoms with Gasteiger partial charge in [0.15, 0.2) is 0 Å². The minimum absolute atomic E-state index is 0.0460. The molecular weight excluding hydrogens is 315 g/mol. The van der Waals surface area contributed by atoms with E-state index < -0.39 is 12.1 Å². The van der Waals surface area contributed by atoms with Crippen molar-refractivity contribution in [1.29, 1.82) is 0 Å². The largest absolute Gasteiger partial charge is 0.391 e. The highest BCUT2D eigenvalue weighted by atomic mass is 32.1. The second-order valence-electron chi connectivity index (χ2n) is 5.67. The fraction of sp³-hybridized carbons (Fsp3) is 0.643. The summed E-state index contributed by atoms with van der Waals surface area (Å²) >= 11 is 1.40. The first-order valence-corrected chi connectivity index (χ1v) is 8.01. The zero-order chi connectivity index (χ0) is 15.9. The molecular formula is C14H16F3N3OS. The highest BCUT2D eigenvalue weighted by Crippen LogP contribution is 2.44.